The van der Waals surface area contributed by atoms with Crippen molar-refractivity contribution in [2.75, 3.05) is 10.6 Å². The number of anilines is 4. The molecule has 11 aromatic rings. The van der Waals surface area contributed by atoms with Gasteiger partial charge in [0.25, 0.3) is 0 Å². The highest BCUT2D eigenvalue weighted by atomic mass is 16.5. The SMILES string of the molecule is CC(C)(C)c1cc(-c2cccc(-c3cc(C(C)(C)C)cc(C(C)(C)C)c3)c2Nc2ccccc2Nc2cccc(Oc3ccc4c5c6oc7ccccc7c6ccc5n(-c5cc(C(C)(C)C)ccn5)c4c3)c2)cc(C(C)(C)C)c1. The van der Waals surface area contributed by atoms with Crippen LogP contribution in [0.1, 0.15) is 132 Å². The van der Waals surface area contributed by atoms with Gasteiger partial charge in [-0.15, -0.1) is 0 Å². The zero-order chi connectivity index (χ0) is 56.0. The average Bonchev–Trinajstić information content (AvgIpc) is 3.61. The van der Waals surface area contributed by atoms with Crippen LogP contribution in [0.5, 0.6) is 11.5 Å². The van der Waals surface area contributed by atoms with E-state index in [0.29, 0.717) is 11.5 Å². The van der Waals surface area contributed by atoms with Crippen LogP contribution in [-0.2, 0) is 27.1 Å². The van der Waals surface area contributed by atoms with Crippen molar-refractivity contribution in [3.05, 3.63) is 204 Å². The highest BCUT2D eigenvalue weighted by Crippen LogP contribution is 2.46. The first-order valence-electron chi connectivity index (χ1n) is 28.0. The zero-order valence-corrected chi connectivity index (χ0v) is 49.0. The molecule has 0 aliphatic rings. The number of ether oxygens (including phenoxy) is 1. The van der Waals surface area contributed by atoms with E-state index >= 15 is 0 Å². The second-order valence-corrected chi connectivity index (χ2v) is 26.9. The van der Waals surface area contributed by atoms with E-state index in [2.05, 4.69) is 265 Å². The number of hydrogen-bond acceptors (Lipinski definition) is 5. The first-order valence-corrected chi connectivity index (χ1v) is 28.0. The van der Waals surface area contributed by atoms with Crippen LogP contribution in [0.2, 0.25) is 0 Å². The highest BCUT2D eigenvalue weighted by molar-refractivity contribution is 6.24. The number of nitrogens with one attached hydrogen (secondary N) is 2. The highest BCUT2D eigenvalue weighted by Gasteiger charge is 2.27. The molecule has 3 heterocycles. The van der Waals surface area contributed by atoms with Crippen LogP contribution in [0.25, 0.3) is 71.8 Å². The number of benzene rings is 8. The maximum absolute atomic E-state index is 6.84. The Labute approximate surface area is 467 Å². The number of hydrogen-bond donors (Lipinski definition) is 2. The smallest absolute Gasteiger partial charge is 0.145 e. The third-order valence-electron chi connectivity index (χ3n) is 15.6. The predicted octanol–water partition coefficient (Wildman–Crippen LogP) is 21.2. The van der Waals surface area contributed by atoms with E-state index in [4.69, 9.17) is 14.1 Å². The maximum atomic E-state index is 6.84. The van der Waals surface area contributed by atoms with Crippen LogP contribution in [0.3, 0.4) is 0 Å². The minimum Gasteiger partial charge on any atom is -0.457 e. The number of furan rings is 1. The number of aromatic nitrogens is 2. The van der Waals surface area contributed by atoms with Crippen LogP contribution < -0.4 is 15.4 Å². The molecule has 6 nitrogen and oxygen atoms in total. The number of nitrogens with zero attached hydrogens (tertiary/aromatic N) is 2. The van der Waals surface area contributed by atoms with Gasteiger partial charge in [0.05, 0.1) is 33.5 Å². The first kappa shape index (κ1) is 52.9. The number of pyridine rings is 1. The average molecular weight is 1040 g/mol. The molecule has 0 aliphatic carbocycles. The van der Waals surface area contributed by atoms with Gasteiger partial charge in [0.15, 0.2) is 0 Å². The maximum Gasteiger partial charge on any atom is 0.145 e. The van der Waals surface area contributed by atoms with Crippen molar-refractivity contribution in [1.29, 1.82) is 0 Å². The van der Waals surface area contributed by atoms with Gasteiger partial charge in [-0.3, -0.25) is 4.57 Å². The topological polar surface area (TPSA) is 64.2 Å². The molecule has 6 heteroatoms. The second kappa shape index (κ2) is 19.4. The standard InChI is InChI=1S/C73H76N4O2/c1-69(2,3)47-34-35-74-65(42-47)77-62-33-32-58-57-24-16-19-29-64(57)79-68(58)66(62)59-31-30-54(44-63(59)77)78-53-23-20-22-52(43-53)75-60-27-17-18-28-61(60)76-67-55(45-36-48(70(4,5)6)40-49(37-45)71(7,8)9)25-21-26-56(67)46-38-50(72(10,11)12)41-51(39-46)73(13,14)15/h16-44,75-76H,1-15H3. The molecule has 79 heavy (non-hydrogen) atoms. The summed E-state index contributed by atoms with van der Waals surface area (Å²) in [5.41, 5.74) is 18.4. The summed E-state index contributed by atoms with van der Waals surface area (Å²) in [6.07, 6.45) is 1.92. The summed E-state index contributed by atoms with van der Waals surface area (Å²) in [6, 6.07) is 61.2. The Kier molecular flexibility index (Phi) is 13.0. The molecule has 0 bridgehead atoms. The predicted molar refractivity (Wildman–Crippen MR) is 336 cm³/mol. The molecule has 8 aromatic carbocycles. The summed E-state index contributed by atoms with van der Waals surface area (Å²) in [5, 5.41) is 12.2. The Bertz CT molecular complexity index is 3980. The van der Waals surface area contributed by atoms with E-state index in [0.717, 1.165) is 83.4 Å². The van der Waals surface area contributed by atoms with Crippen molar-refractivity contribution < 1.29 is 9.15 Å². The molecule has 0 saturated carbocycles. The molecule has 0 atom stereocenters. The molecular weight excluding hydrogens is 965 g/mol. The summed E-state index contributed by atoms with van der Waals surface area (Å²) >= 11 is 0. The van der Waals surface area contributed by atoms with E-state index < -0.39 is 0 Å². The fourth-order valence-electron chi connectivity index (χ4n) is 10.8. The Morgan fingerprint density at radius 3 is 1.54 bits per heavy atom. The molecule has 0 fully saturated rings. The normalized spacial score (nSPS) is 12.7. The lowest BCUT2D eigenvalue weighted by atomic mass is 9.77. The van der Waals surface area contributed by atoms with Crippen LogP contribution in [0.15, 0.2) is 180 Å². The monoisotopic (exact) mass is 1040 g/mol. The van der Waals surface area contributed by atoms with E-state index in [1.807, 2.05) is 30.5 Å². The van der Waals surface area contributed by atoms with E-state index in [1.165, 1.54) is 38.9 Å². The van der Waals surface area contributed by atoms with Gasteiger partial charge in [0.2, 0.25) is 0 Å². The molecule has 2 N–H and O–H groups in total. The van der Waals surface area contributed by atoms with Crippen molar-refractivity contribution in [2.24, 2.45) is 0 Å². The van der Waals surface area contributed by atoms with Gasteiger partial charge in [-0.2, -0.15) is 0 Å². The van der Waals surface area contributed by atoms with Gasteiger partial charge >= 0.3 is 0 Å². The third-order valence-corrected chi connectivity index (χ3v) is 15.6. The Morgan fingerprint density at radius 1 is 0.418 bits per heavy atom. The van der Waals surface area contributed by atoms with Crippen LogP contribution >= 0.6 is 0 Å². The first-order chi connectivity index (χ1) is 37.3. The minimum atomic E-state index is -0.0655. The van der Waals surface area contributed by atoms with Gasteiger partial charge in [0.1, 0.15) is 28.5 Å². The molecule has 400 valence electrons. The fourth-order valence-corrected chi connectivity index (χ4v) is 10.8. The van der Waals surface area contributed by atoms with Gasteiger partial charge in [-0.1, -0.05) is 195 Å². The lowest BCUT2D eigenvalue weighted by Gasteiger charge is -2.28. The molecule has 0 amide bonds. The molecule has 0 aliphatic heterocycles. The van der Waals surface area contributed by atoms with Crippen molar-refractivity contribution in [1.82, 2.24) is 9.55 Å². The Balaban J connectivity index is 0.993. The summed E-state index contributed by atoms with van der Waals surface area (Å²) in [6.45, 7) is 34.4. The van der Waals surface area contributed by atoms with E-state index in [1.54, 1.807) is 0 Å². The van der Waals surface area contributed by atoms with Gasteiger partial charge in [0, 0.05) is 51.3 Å². The minimum absolute atomic E-state index is 0.0509. The third kappa shape index (κ3) is 10.4. The Hall–Kier alpha value is -8.09. The van der Waals surface area contributed by atoms with Gasteiger partial charge in [-0.25, -0.2) is 4.98 Å². The van der Waals surface area contributed by atoms with Crippen molar-refractivity contribution in [3.63, 3.8) is 0 Å². The van der Waals surface area contributed by atoms with Crippen molar-refractivity contribution in [2.45, 2.75) is 131 Å². The number of para-hydroxylation sites is 4. The van der Waals surface area contributed by atoms with E-state index in [9.17, 15) is 0 Å². The summed E-state index contributed by atoms with van der Waals surface area (Å²) in [5.74, 6) is 2.26. The zero-order valence-electron chi connectivity index (χ0n) is 49.0. The summed E-state index contributed by atoms with van der Waals surface area (Å²) < 4.78 is 15.8. The summed E-state index contributed by atoms with van der Waals surface area (Å²) in [4.78, 5) is 4.98. The molecule has 0 saturated heterocycles. The van der Waals surface area contributed by atoms with Crippen LogP contribution in [-0.4, -0.2) is 9.55 Å². The van der Waals surface area contributed by atoms with Gasteiger partial charge in [-0.05, 0) is 133 Å². The second-order valence-electron chi connectivity index (χ2n) is 26.9. The van der Waals surface area contributed by atoms with E-state index in [-0.39, 0.29) is 27.1 Å². The molecule has 11 rings (SSSR count). The lowest BCUT2D eigenvalue weighted by Crippen LogP contribution is -2.17. The lowest BCUT2D eigenvalue weighted by molar-refractivity contribution is 0.483. The largest absolute Gasteiger partial charge is 0.457 e. The number of fused-ring (bicyclic) bond motifs is 7. The fraction of sp³-hybridized carbons (Fsp3) is 0.274. The van der Waals surface area contributed by atoms with Crippen molar-refractivity contribution in [3.8, 4) is 39.6 Å². The van der Waals surface area contributed by atoms with Crippen LogP contribution in [0.4, 0.5) is 22.7 Å². The Morgan fingerprint density at radius 2 is 0.949 bits per heavy atom. The number of rotatable bonds is 9. The van der Waals surface area contributed by atoms with Crippen LogP contribution in [0, 0.1) is 0 Å². The summed E-state index contributed by atoms with van der Waals surface area (Å²) in [7, 11) is 0. The van der Waals surface area contributed by atoms with Gasteiger partial charge < -0.3 is 19.8 Å². The molecular formula is C73H76N4O2. The molecule has 3 aromatic heterocycles. The molecule has 0 unspecified atom stereocenters. The molecule has 0 radical (unpaired) electrons. The van der Waals surface area contributed by atoms with Crippen molar-refractivity contribution >= 4 is 66.5 Å². The molecule has 0 spiro atoms. The quantitative estimate of drug-likeness (QED) is 0.151.